The van der Waals surface area contributed by atoms with Crippen LogP contribution in [0.25, 0.3) is 10.9 Å². The van der Waals surface area contributed by atoms with Crippen LogP contribution in [-0.4, -0.2) is 30.1 Å². The van der Waals surface area contributed by atoms with Gasteiger partial charge < -0.3 is 9.47 Å². The van der Waals surface area contributed by atoms with Crippen LogP contribution in [0.2, 0.25) is 0 Å². The summed E-state index contributed by atoms with van der Waals surface area (Å²) in [5, 5.41) is 1.55. The lowest BCUT2D eigenvalue weighted by Gasteiger charge is -2.44. The molecule has 0 spiro atoms. The second-order valence-electron chi connectivity index (χ2n) is 7.61. The second kappa shape index (κ2) is 5.42. The Hall–Kier alpha value is -1.28. The zero-order chi connectivity index (χ0) is 15.3. The minimum Gasteiger partial charge on any atom is -0.344 e. The minimum atomic E-state index is 0.779. The summed E-state index contributed by atoms with van der Waals surface area (Å²) in [4.78, 5) is 2.39. The summed E-state index contributed by atoms with van der Waals surface area (Å²) >= 11 is 0. The van der Waals surface area contributed by atoms with Crippen LogP contribution in [0, 0.1) is 5.92 Å². The van der Waals surface area contributed by atoms with E-state index < -0.39 is 0 Å². The minimum absolute atomic E-state index is 0.779. The molecule has 3 atom stereocenters. The smallest absolute Gasteiger partial charge is 0.0485 e. The molecule has 0 radical (unpaired) electrons. The SMILES string of the molecule is CCCn1c2c(c3ccccc31)C1CCC2C(CN(C)C)C1. The number of nitrogens with zero attached hydrogens (tertiary/aromatic N) is 2. The average Bonchev–Trinajstić information content (AvgIpc) is 2.85. The Bertz CT molecular complexity index is 682. The zero-order valence-electron chi connectivity index (χ0n) is 14.2. The summed E-state index contributed by atoms with van der Waals surface area (Å²) in [7, 11) is 4.45. The molecular weight excluding hydrogens is 268 g/mol. The zero-order valence-corrected chi connectivity index (χ0v) is 14.2. The lowest BCUT2D eigenvalue weighted by Crippen LogP contribution is -2.36. The first-order chi connectivity index (χ1) is 10.7. The molecule has 2 aromatic rings. The lowest BCUT2D eigenvalue weighted by molar-refractivity contribution is 0.192. The maximum Gasteiger partial charge on any atom is 0.0485 e. The average molecular weight is 296 g/mol. The molecule has 3 unspecified atom stereocenters. The van der Waals surface area contributed by atoms with E-state index in [4.69, 9.17) is 0 Å². The van der Waals surface area contributed by atoms with Gasteiger partial charge in [-0.3, -0.25) is 0 Å². The van der Waals surface area contributed by atoms with Gasteiger partial charge in [-0.15, -0.1) is 0 Å². The van der Waals surface area contributed by atoms with Crippen LogP contribution in [0.3, 0.4) is 0 Å². The quantitative estimate of drug-likeness (QED) is 0.801. The highest BCUT2D eigenvalue weighted by molar-refractivity contribution is 5.87. The predicted octanol–water partition coefficient (Wildman–Crippen LogP) is 4.59. The van der Waals surface area contributed by atoms with Crippen LogP contribution in [0.4, 0.5) is 0 Å². The van der Waals surface area contributed by atoms with E-state index in [-0.39, 0.29) is 0 Å². The molecule has 5 rings (SSSR count). The number of hydrogen-bond donors (Lipinski definition) is 0. The Morgan fingerprint density at radius 1 is 1.18 bits per heavy atom. The number of aryl methyl sites for hydroxylation is 1. The number of fused-ring (bicyclic) bond motifs is 3. The van der Waals surface area contributed by atoms with E-state index >= 15 is 0 Å². The standard InChI is InChI=1S/C20H28N2/c1-4-11-22-18-8-6-5-7-17(18)19-14-9-10-16(20(19)22)15(12-14)13-21(2)3/h5-8,14-16H,4,9-13H2,1-3H3. The van der Waals surface area contributed by atoms with E-state index in [0.29, 0.717) is 0 Å². The number of aromatic nitrogens is 1. The molecule has 1 saturated carbocycles. The van der Waals surface area contributed by atoms with Gasteiger partial charge in [-0.25, -0.2) is 0 Å². The maximum atomic E-state index is 2.67. The van der Waals surface area contributed by atoms with Crippen LogP contribution in [-0.2, 0) is 6.54 Å². The molecule has 0 aliphatic heterocycles. The predicted molar refractivity (Wildman–Crippen MR) is 93.6 cm³/mol. The fourth-order valence-corrected chi connectivity index (χ4v) is 5.20. The van der Waals surface area contributed by atoms with Crippen molar-refractivity contribution < 1.29 is 0 Å². The fraction of sp³-hybridized carbons (Fsp3) is 0.600. The Morgan fingerprint density at radius 2 is 2.00 bits per heavy atom. The highest BCUT2D eigenvalue weighted by Crippen LogP contribution is 2.55. The van der Waals surface area contributed by atoms with E-state index in [1.807, 2.05) is 0 Å². The Labute approximate surface area is 134 Å². The number of hydrogen-bond acceptors (Lipinski definition) is 1. The number of benzene rings is 1. The summed E-state index contributed by atoms with van der Waals surface area (Å²) in [5.74, 6) is 2.43. The fourth-order valence-electron chi connectivity index (χ4n) is 5.20. The molecule has 1 aromatic carbocycles. The summed E-state index contributed by atoms with van der Waals surface area (Å²) in [6.45, 7) is 4.72. The summed E-state index contributed by atoms with van der Waals surface area (Å²) in [6, 6.07) is 9.13. The third kappa shape index (κ3) is 2.04. The molecule has 2 nitrogen and oxygen atoms in total. The van der Waals surface area contributed by atoms with E-state index in [1.54, 1.807) is 16.6 Å². The van der Waals surface area contributed by atoms with Gasteiger partial charge in [-0.05, 0) is 63.2 Å². The molecule has 3 aliphatic rings. The monoisotopic (exact) mass is 296 g/mol. The third-order valence-electron chi connectivity index (χ3n) is 5.84. The van der Waals surface area contributed by atoms with E-state index in [1.165, 1.54) is 44.3 Å². The summed E-state index contributed by atoms with van der Waals surface area (Å²) < 4.78 is 2.67. The molecule has 3 aliphatic carbocycles. The van der Waals surface area contributed by atoms with Crippen LogP contribution in [0.5, 0.6) is 0 Å². The molecule has 1 heterocycles. The second-order valence-corrected chi connectivity index (χ2v) is 7.61. The first-order valence-electron chi connectivity index (χ1n) is 8.96. The van der Waals surface area contributed by atoms with E-state index in [2.05, 4.69) is 54.8 Å². The Balaban J connectivity index is 1.89. The molecule has 0 amide bonds. The molecule has 1 fully saturated rings. The van der Waals surface area contributed by atoms with Gasteiger partial charge >= 0.3 is 0 Å². The number of para-hydroxylation sites is 1. The molecule has 118 valence electrons. The summed E-state index contributed by atoms with van der Waals surface area (Å²) in [5.41, 5.74) is 4.91. The van der Waals surface area contributed by atoms with Gasteiger partial charge in [-0.1, -0.05) is 25.1 Å². The van der Waals surface area contributed by atoms with Gasteiger partial charge in [-0.2, -0.15) is 0 Å². The molecule has 2 bridgehead atoms. The topological polar surface area (TPSA) is 8.17 Å². The highest BCUT2D eigenvalue weighted by atomic mass is 15.1. The van der Waals surface area contributed by atoms with Crippen molar-refractivity contribution in [3.8, 4) is 0 Å². The van der Waals surface area contributed by atoms with Crippen LogP contribution in [0.15, 0.2) is 24.3 Å². The van der Waals surface area contributed by atoms with Gasteiger partial charge in [0.05, 0.1) is 0 Å². The largest absolute Gasteiger partial charge is 0.344 e. The van der Waals surface area contributed by atoms with Crippen molar-refractivity contribution in [3.05, 3.63) is 35.5 Å². The van der Waals surface area contributed by atoms with Gasteiger partial charge in [0.25, 0.3) is 0 Å². The van der Waals surface area contributed by atoms with E-state index in [9.17, 15) is 0 Å². The van der Waals surface area contributed by atoms with Crippen LogP contribution < -0.4 is 0 Å². The third-order valence-corrected chi connectivity index (χ3v) is 5.84. The Kier molecular flexibility index (Phi) is 3.53. The van der Waals surface area contributed by atoms with Crippen LogP contribution >= 0.6 is 0 Å². The molecule has 1 aromatic heterocycles. The normalized spacial score (nSPS) is 26.8. The van der Waals surface area contributed by atoms with Crippen molar-refractivity contribution >= 4 is 10.9 Å². The molecule has 0 N–H and O–H groups in total. The van der Waals surface area contributed by atoms with Crippen molar-refractivity contribution in [2.24, 2.45) is 5.92 Å². The van der Waals surface area contributed by atoms with Crippen molar-refractivity contribution in [1.29, 1.82) is 0 Å². The van der Waals surface area contributed by atoms with Crippen molar-refractivity contribution in [2.75, 3.05) is 20.6 Å². The molecule has 0 saturated heterocycles. The highest BCUT2D eigenvalue weighted by Gasteiger charge is 2.43. The molecule has 2 heteroatoms. The van der Waals surface area contributed by atoms with Gasteiger partial charge in [0.15, 0.2) is 0 Å². The molecular formula is C20H28N2. The summed E-state index contributed by atoms with van der Waals surface area (Å²) in [6.07, 6.45) is 5.43. The van der Waals surface area contributed by atoms with Crippen molar-refractivity contribution in [2.45, 2.75) is 51.0 Å². The van der Waals surface area contributed by atoms with Gasteiger partial charge in [0, 0.05) is 35.6 Å². The number of rotatable bonds is 4. The first kappa shape index (κ1) is 14.3. The van der Waals surface area contributed by atoms with Gasteiger partial charge in [0.1, 0.15) is 0 Å². The van der Waals surface area contributed by atoms with Crippen LogP contribution in [0.1, 0.15) is 55.7 Å². The molecule has 22 heavy (non-hydrogen) atoms. The lowest BCUT2D eigenvalue weighted by atomic mass is 9.63. The van der Waals surface area contributed by atoms with Gasteiger partial charge in [0.2, 0.25) is 0 Å². The van der Waals surface area contributed by atoms with E-state index in [0.717, 1.165) is 17.8 Å². The first-order valence-corrected chi connectivity index (χ1v) is 8.96. The Morgan fingerprint density at radius 3 is 2.77 bits per heavy atom. The van der Waals surface area contributed by atoms with Crippen molar-refractivity contribution in [3.63, 3.8) is 0 Å². The maximum absolute atomic E-state index is 2.67. The van der Waals surface area contributed by atoms with Crippen molar-refractivity contribution in [1.82, 2.24) is 9.47 Å².